The van der Waals surface area contributed by atoms with E-state index in [4.69, 9.17) is 0 Å². The maximum Gasteiger partial charge on any atom is 0.244 e. The van der Waals surface area contributed by atoms with Gasteiger partial charge < -0.3 is 0 Å². The second-order valence-corrected chi connectivity index (χ2v) is 8.95. The molecule has 4 nitrogen and oxygen atoms in total. The van der Waals surface area contributed by atoms with E-state index in [1.54, 1.807) is 28.2 Å². The van der Waals surface area contributed by atoms with Gasteiger partial charge in [0.1, 0.15) is 4.90 Å². The highest BCUT2D eigenvalue weighted by Gasteiger charge is 2.26. The summed E-state index contributed by atoms with van der Waals surface area (Å²) in [7, 11) is -3.39. The van der Waals surface area contributed by atoms with Crippen LogP contribution in [0, 0.1) is 6.92 Å². The minimum absolute atomic E-state index is 0.296. The number of aromatic nitrogens is 1. The molecule has 6 heteroatoms. The van der Waals surface area contributed by atoms with Crippen LogP contribution < -0.4 is 0 Å². The van der Waals surface area contributed by atoms with Crippen LogP contribution in [0.5, 0.6) is 0 Å². The summed E-state index contributed by atoms with van der Waals surface area (Å²) < 4.78 is 26.8. The van der Waals surface area contributed by atoms with Gasteiger partial charge in [-0.3, -0.25) is 0 Å². The summed E-state index contributed by atoms with van der Waals surface area (Å²) in [6, 6.07) is 11.7. The predicted molar refractivity (Wildman–Crippen MR) is 97.6 cm³/mol. The number of hydrogen-bond donors (Lipinski definition) is 0. The van der Waals surface area contributed by atoms with Gasteiger partial charge in [-0.1, -0.05) is 30.7 Å². The molecule has 1 saturated heterocycles. The first-order chi connectivity index (χ1) is 11.6. The van der Waals surface area contributed by atoms with Crippen molar-refractivity contribution in [2.24, 2.45) is 0 Å². The van der Waals surface area contributed by atoms with E-state index in [-0.39, 0.29) is 0 Å². The molecule has 0 aliphatic carbocycles. The van der Waals surface area contributed by atoms with Crippen molar-refractivity contribution < 1.29 is 8.42 Å². The average Bonchev–Trinajstić information content (AvgIpc) is 2.62. The zero-order valence-corrected chi connectivity index (χ0v) is 15.4. The fraction of sp³-hybridized carbons (Fsp3) is 0.389. The summed E-state index contributed by atoms with van der Waals surface area (Å²) in [4.78, 5) is 4.64. The van der Waals surface area contributed by atoms with Crippen LogP contribution in [0.3, 0.4) is 0 Å². The van der Waals surface area contributed by atoms with Crippen molar-refractivity contribution in [3.05, 3.63) is 53.7 Å². The highest BCUT2D eigenvalue weighted by atomic mass is 32.2. The van der Waals surface area contributed by atoms with Crippen molar-refractivity contribution >= 4 is 21.8 Å². The molecule has 0 atom stereocenters. The van der Waals surface area contributed by atoms with Crippen LogP contribution in [-0.4, -0.2) is 30.8 Å². The largest absolute Gasteiger partial charge is 0.249 e. The molecule has 2 heterocycles. The Kier molecular flexibility index (Phi) is 5.58. The van der Waals surface area contributed by atoms with E-state index in [0.29, 0.717) is 18.0 Å². The Morgan fingerprint density at radius 2 is 1.83 bits per heavy atom. The van der Waals surface area contributed by atoms with E-state index in [1.165, 1.54) is 17.3 Å². The maximum absolute atomic E-state index is 12.6. The van der Waals surface area contributed by atoms with Gasteiger partial charge in [0.2, 0.25) is 10.0 Å². The first-order valence-corrected chi connectivity index (χ1v) is 10.6. The number of benzene rings is 1. The van der Waals surface area contributed by atoms with Crippen molar-refractivity contribution in [2.45, 2.75) is 41.9 Å². The van der Waals surface area contributed by atoms with E-state index < -0.39 is 10.0 Å². The van der Waals surface area contributed by atoms with E-state index in [9.17, 15) is 8.42 Å². The van der Waals surface area contributed by atoms with Crippen LogP contribution >= 0.6 is 11.8 Å². The molecule has 2 aromatic rings. The predicted octanol–water partition coefficient (Wildman–Crippen LogP) is 3.86. The van der Waals surface area contributed by atoms with Gasteiger partial charge in [0, 0.05) is 25.0 Å². The van der Waals surface area contributed by atoms with Crippen LogP contribution in [0.1, 0.15) is 30.4 Å². The number of hydrogen-bond acceptors (Lipinski definition) is 4. The third kappa shape index (κ3) is 3.99. The van der Waals surface area contributed by atoms with Crippen LogP contribution in [0.25, 0.3) is 0 Å². The Bertz CT molecular complexity index is 783. The lowest BCUT2D eigenvalue weighted by molar-refractivity contribution is 0.346. The smallest absolute Gasteiger partial charge is 0.244 e. The third-order valence-electron chi connectivity index (χ3n) is 4.30. The van der Waals surface area contributed by atoms with Gasteiger partial charge in [-0.25, -0.2) is 13.4 Å². The molecule has 0 saturated carbocycles. The van der Waals surface area contributed by atoms with Gasteiger partial charge in [-0.2, -0.15) is 4.31 Å². The maximum atomic E-state index is 12.6. The molecule has 0 bridgehead atoms. The normalized spacial score (nSPS) is 16.2. The highest BCUT2D eigenvalue weighted by Crippen LogP contribution is 2.25. The molecular formula is C18H22N2O2S2. The lowest BCUT2D eigenvalue weighted by atomic mass is 10.1. The van der Waals surface area contributed by atoms with Gasteiger partial charge in [0.05, 0.1) is 5.03 Å². The van der Waals surface area contributed by atoms with Gasteiger partial charge in [-0.05, 0) is 43.0 Å². The summed E-state index contributed by atoms with van der Waals surface area (Å²) in [5, 5.41) is 0.843. The zero-order chi connectivity index (χ0) is 17.0. The van der Waals surface area contributed by atoms with Gasteiger partial charge in [0.25, 0.3) is 0 Å². The van der Waals surface area contributed by atoms with E-state index >= 15 is 0 Å². The molecule has 0 radical (unpaired) electrons. The Labute approximate surface area is 148 Å². The minimum atomic E-state index is -3.39. The van der Waals surface area contributed by atoms with E-state index in [1.807, 2.05) is 12.1 Å². The summed E-state index contributed by atoms with van der Waals surface area (Å²) in [6.07, 6.45) is 4.48. The van der Waals surface area contributed by atoms with Gasteiger partial charge in [-0.15, -0.1) is 11.8 Å². The topological polar surface area (TPSA) is 50.3 Å². The summed E-state index contributed by atoms with van der Waals surface area (Å²) in [6.45, 7) is 3.33. The zero-order valence-electron chi connectivity index (χ0n) is 13.8. The molecule has 1 aromatic heterocycles. The van der Waals surface area contributed by atoms with Gasteiger partial charge >= 0.3 is 0 Å². The molecule has 1 aliphatic rings. The number of piperidine rings is 1. The van der Waals surface area contributed by atoms with E-state index in [2.05, 4.69) is 24.0 Å². The molecular weight excluding hydrogens is 340 g/mol. The van der Waals surface area contributed by atoms with Crippen LogP contribution in [-0.2, 0) is 15.8 Å². The fourth-order valence-electron chi connectivity index (χ4n) is 2.78. The molecule has 0 unspecified atom stereocenters. The highest BCUT2D eigenvalue weighted by molar-refractivity contribution is 7.98. The number of thioether (sulfide) groups is 1. The minimum Gasteiger partial charge on any atom is -0.249 e. The lowest BCUT2D eigenvalue weighted by Crippen LogP contribution is -2.35. The number of rotatable bonds is 5. The number of sulfonamides is 1. The molecule has 0 amide bonds. The third-order valence-corrected chi connectivity index (χ3v) is 7.17. The van der Waals surface area contributed by atoms with Crippen molar-refractivity contribution in [1.82, 2.24) is 9.29 Å². The second-order valence-electron chi connectivity index (χ2n) is 6.01. The molecule has 3 rings (SSSR count). The van der Waals surface area contributed by atoms with Crippen LogP contribution in [0.15, 0.2) is 52.5 Å². The summed E-state index contributed by atoms with van der Waals surface area (Å²) >= 11 is 1.62. The molecule has 1 fully saturated rings. The SMILES string of the molecule is Cc1ccccc1CSc1ccc(S(=O)(=O)N2CCCCC2)cn1. The first kappa shape index (κ1) is 17.5. The van der Waals surface area contributed by atoms with Crippen LogP contribution in [0.2, 0.25) is 0 Å². The second kappa shape index (κ2) is 7.68. The summed E-state index contributed by atoms with van der Waals surface area (Å²) in [5.41, 5.74) is 2.53. The van der Waals surface area contributed by atoms with Crippen molar-refractivity contribution in [1.29, 1.82) is 0 Å². The molecule has 0 spiro atoms. The van der Waals surface area contributed by atoms with Gasteiger partial charge in [0.15, 0.2) is 0 Å². The Morgan fingerprint density at radius 3 is 2.50 bits per heavy atom. The average molecular weight is 363 g/mol. The number of aryl methyl sites for hydroxylation is 1. The molecule has 0 N–H and O–H groups in total. The van der Waals surface area contributed by atoms with E-state index in [0.717, 1.165) is 30.0 Å². The fourth-order valence-corrected chi connectivity index (χ4v) is 5.16. The Hall–Kier alpha value is -1.37. The number of nitrogens with zero attached hydrogens (tertiary/aromatic N) is 2. The monoisotopic (exact) mass is 362 g/mol. The number of pyridine rings is 1. The van der Waals surface area contributed by atoms with Crippen molar-refractivity contribution in [2.75, 3.05) is 13.1 Å². The lowest BCUT2D eigenvalue weighted by Gasteiger charge is -2.25. The molecule has 24 heavy (non-hydrogen) atoms. The standard InChI is InChI=1S/C18H22N2O2S2/c1-15-7-3-4-8-16(15)14-23-18-10-9-17(13-19-18)24(21,22)20-11-5-2-6-12-20/h3-4,7-10,13H,2,5-6,11-12,14H2,1H3. The summed E-state index contributed by atoms with van der Waals surface area (Å²) in [5.74, 6) is 0.831. The molecule has 1 aliphatic heterocycles. The quantitative estimate of drug-likeness (QED) is 0.758. The Morgan fingerprint density at radius 1 is 1.08 bits per heavy atom. The van der Waals surface area contributed by atoms with Crippen LogP contribution in [0.4, 0.5) is 0 Å². The Balaban J connectivity index is 1.68. The first-order valence-electron chi connectivity index (χ1n) is 8.21. The van der Waals surface area contributed by atoms with Crippen molar-refractivity contribution in [3.8, 4) is 0 Å². The molecule has 128 valence electrons. The van der Waals surface area contributed by atoms with Crippen molar-refractivity contribution in [3.63, 3.8) is 0 Å². The molecule has 1 aromatic carbocycles.